The van der Waals surface area contributed by atoms with E-state index in [2.05, 4.69) is 0 Å². The van der Waals surface area contributed by atoms with Gasteiger partial charge in [0.1, 0.15) is 0 Å². The zero-order valence-corrected chi connectivity index (χ0v) is 4.80. The fourth-order valence-corrected chi connectivity index (χ4v) is 0. The molecule has 0 fully saturated rings. The van der Waals surface area contributed by atoms with Crippen molar-refractivity contribution in [2.45, 2.75) is 6.92 Å². The van der Waals surface area contributed by atoms with Crippen LogP contribution in [-0.2, 0) is 38.9 Å². The molecule has 0 bridgehead atoms. The van der Waals surface area contributed by atoms with Gasteiger partial charge in [0.25, 0.3) is 0 Å². The van der Waals surface area contributed by atoms with Crippen molar-refractivity contribution in [1.29, 1.82) is 0 Å². The Kier molecular flexibility index (Phi) is 24.3. The number of hydrogen-bond acceptors (Lipinski definition) is 2. The summed E-state index contributed by atoms with van der Waals surface area (Å²) in [5.74, 6) is -1.08. The van der Waals surface area contributed by atoms with E-state index in [9.17, 15) is 0 Å². The molecule has 0 aromatic carbocycles. The van der Waals surface area contributed by atoms with E-state index in [1.807, 2.05) is 0 Å². The van der Waals surface area contributed by atoms with Gasteiger partial charge in [0.2, 0.25) is 0 Å². The largest absolute Gasteiger partial charge is 1.00 e. The van der Waals surface area contributed by atoms with Gasteiger partial charge in [-0.25, -0.2) is 0 Å². The van der Waals surface area contributed by atoms with E-state index in [4.69, 9.17) is 9.90 Å². The average Bonchev–Trinajstić information content (AvgIpc) is 0.811. The Morgan fingerprint density at radius 2 is 1.67 bits per heavy atom. The van der Waals surface area contributed by atoms with Crippen molar-refractivity contribution >= 4 is 5.97 Å². The van der Waals surface area contributed by atoms with Crippen molar-refractivity contribution in [3.05, 3.63) is 0 Å². The Morgan fingerprint density at radius 3 is 1.67 bits per heavy atom. The summed E-state index contributed by atoms with van der Waals surface area (Å²) in [6, 6.07) is 0. The maximum absolute atomic E-state index is 8.89. The van der Waals surface area contributed by atoms with Crippen LogP contribution >= 0.6 is 0 Å². The van der Waals surface area contributed by atoms with Crippen LogP contribution in [0.15, 0.2) is 0 Å². The Balaban J connectivity index is -0.0000000450. The molecule has 0 saturated carbocycles. The molecule has 0 saturated heterocycles. The van der Waals surface area contributed by atoms with Gasteiger partial charge < -0.3 is 9.90 Å². The maximum atomic E-state index is 8.89. The second-order valence-electron chi connectivity index (χ2n) is 0.492. The third kappa shape index (κ3) is 214. The first-order valence-corrected chi connectivity index (χ1v) is 0.908. The molecule has 0 aromatic rings. The second kappa shape index (κ2) is 9.10. The van der Waals surface area contributed by atoms with Crippen molar-refractivity contribution in [3.8, 4) is 0 Å². The monoisotopic (exact) mass is 185 g/mol. The fraction of sp³-hybridized carbons (Fsp3) is 0.500. The summed E-state index contributed by atoms with van der Waals surface area (Å²) in [7, 11) is 0. The van der Waals surface area contributed by atoms with E-state index in [1.54, 1.807) is 0 Å². The third-order valence-electron chi connectivity index (χ3n) is 0. The Labute approximate surface area is 57.3 Å². The second-order valence-corrected chi connectivity index (χ2v) is 0.492. The van der Waals surface area contributed by atoms with Gasteiger partial charge in [-0.2, -0.15) is 0 Å². The molecule has 0 aliphatic heterocycles. The topological polar surface area (TPSA) is 40.1 Å². The molecule has 0 unspecified atom stereocenters. The molecule has 0 N–H and O–H groups in total. The Hall–Kier alpha value is 0.509. The average molecular weight is 186 g/mol. The van der Waals surface area contributed by atoms with Crippen LogP contribution in [0.4, 0.5) is 0 Å². The van der Waals surface area contributed by atoms with Gasteiger partial charge in [0.15, 0.2) is 0 Å². The quantitative estimate of drug-likeness (QED) is 0.443. The Bertz CT molecular complexity index is 32.5. The summed E-state index contributed by atoms with van der Waals surface area (Å²) >= 11 is 0. The maximum Gasteiger partial charge on any atom is 1.00 e. The van der Waals surface area contributed by atoms with Gasteiger partial charge in [-0.1, -0.05) is 0 Å². The van der Waals surface area contributed by atoms with Gasteiger partial charge in [-0.3, -0.25) is 0 Å². The van der Waals surface area contributed by atoms with Crippen molar-refractivity contribution in [1.82, 2.24) is 0 Å². The van der Waals surface area contributed by atoms with Gasteiger partial charge in [-0.05, 0) is 6.92 Å². The number of carboxylic acid groups (broad SMARTS) is 1. The number of carbonyl (C=O) groups is 1. The summed E-state index contributed by atoms with van der Waals surface area (Å²) in [6.45, 7) is 0.972. The molecule has 6 heavy (non-hydrogen) atoms. The molecule has 0 heterocycles. The van der Waals surface area contributed by atoms with Gasteiger partial charge in [0.05, 0.1) is 0 Å². The van der Waals surface area contributed by atoms with Crippen LogP contribution in [0, 0.1) is 0 Å². The number of rotatable bonds is 0. The van der Waals surface area contributed by atoms with E-state index in [0.29, 0.717) is 0 Å². The van der Waals surface area contributed by atoms with Crippen molar-refractivity contribution < 1.29 is 44.0 Å². The molecule has 2 nitrogen and oxygen atoms in total. The van der Waals surface area contributed by atoms with Crippen LogP contribution < -0.4 is 5.11 Å². The fourth-order valence-electron chi connectivity index (χ4n) is 0. The molecule has 0 aliphatic carbocycles. The van der Waals surface area contributed by atoms with Gasteiger partial charge in [0, 0.05) is 23.0 Å². The minimum absolute atomic E-state index is 0. The minimum Gasteiger partial charge on any atom is -0.550 e. The molecule has 0 atom stereocenters. The van der Waals surface area contributed by atoms with Crippen LogP contribution in [0.3, 0.4) is 0 Å². The smallest absolute Gasteiger partial charge is 0.550 e. The number of hydrogen-bond donors (Lipinski definition) is 0. The molecule has 0 rings (SSSR count). The van der Waals surface area contributed by atoms with E-state index in [-0.39, 0.29) is 34.1 Å². The van der Waals surface area contributed by atoms with Crippen molar-refractivity contribution in [2.24, 2.45) is 0 Å². The van der Waals surface area contributed by atoms with Crippen LogP contribution in [0.2, 0.25) is 0 Å². The molecule has 0 amide bonds. The summed E-state index contributed by atoms with van der Waals surface area (Å²) < 4.78 is 0. The summed E-state index contributed by atoms with van der Waals surface area (Å²) in [4.78, 5) is 8.89. The molecule has 1 radical (unpaired) electrons. The van der Waals surface area contributed by atoms with Gasteiger partial charge in [-0.15, -0.1) is 0 Å². The number of carboxylic acids is 1. The zero-order valence-electron chi connectivity index (χ0n) is 2.92. The normalized spacial score (nSPS) is 4.17. The first kappa shape index (κ1) is 16.0. The van der Waals surface area contributed by atoms with Crippen LogP contribution in [0.5, 0.6) is 0 Å². The predicted octanol–water partition coefficient (Wildman–Crippen LogP) is -1.25. The molecular formula is C2H3Cu2O2. The molecule has 4 heteroatoms. The SMILES string of the molecule is CC(=O)[O-].[Cu+].[Cu]. The van der Waals surface area contributed by atoms with Crippen molar-refractivity contribution in [2.75, 3.05) is 0 Å². The Morgan fingerprint density at radius 1 is 1.67 bits per heavy atom. The van der Waals surface area contributed by atoms with E-state index < -0.39 is 5.97 Å². The molecule has 0 aromatic heterocycles. The number of aliphatic carboxylic acids is 1. The number of carbonyl (C=O) groups excluding carboxylic acids is 1. The van der Waals surface area contributed by atoms with Crippen molar-refractivity contribution in [3.63, 3.8) is 0 Å². The van der Waals surface area contributed by atoms with E-state index >= 15 is 0 Å². The standard InChI is InChI=1S/C2H4O2.2Cu/c1-2(3)4;;/h1H3,(H,3,4);;/q;;+1/p-1. The van der Waals surface area contributed by atoms with Crippen LogP contribution in [0.25, 0.3) is 0 Å². The minimum atomic E-state index is -1.08. The van der Waals surface area contributed by atoms with E-state index in [1.165, 1.54) is 0 Å². The molecule has 45 valence electrons. The zero-order chi connectivity index (χ0) is 3.58. The van der Waals surface area contributed by atoms with Crippen LogP contribution in [0.1, 0.15) is 6.92 Å². The summed E-state index contributed by atoms with van der Waals surface area (Å²) in [6.07, 6.45) is 0. The first-order chi connectivity index (χ1) is 1.73. The molecular weight excluding hydrogens is 183 g/mol. The summed E-state index contributed by atoms with van der Waals surface area (Å²) in [5, 5.41) is 8.89. The predicted molar refractivity (Wildman–Crippen MR) is 10.7 cm³/mol. The van der Waals surface area contributed by atoms with Crippen LogP contribution in [-0.4, -0.2) is 5.97 Å². The van der Waals surface area contributed by atoms with Gasteiger partial charge >= 0.3 is 17.1 Å². The molecule has 0 spiro atoms. The van der Waals surface area contributed by atoms with E-state index in [0.717, 1.165) is 6.92 Å². The first-order valence-electron chi connectivity index (χ1n) is 0.908. The molecule has 0 aliphatic rings. The third-order valence-corrected chi connectivity index (χ3v) is 0. The summed E-state index contributed by atoms with van der Waals surface area (Å²) in [5.41, 5.74) is 0.